The number of epoxide rings is 1. The zero-order valence-electron chi connectivity index (χ0n) is 7.88. The molecule has 2 atom stereocenters. The molecule has 1 saturated heterocycles. The lowest BCUT2D eigenvalue weighted by Gasteiger charge is -2.06. The van der Waals surface area contributed by atoms with Gasteiger partial charge in [0.2, 0.25) is 0 Å². The Kier molecular flexibility index (Phi) is 2.60. The van der Waals surface area contributed by atoms with Gasteiger partial charge < -0.3 is 9.47 Å². The van der Waals surface area contributed by atoms with Crippen LogP contribution < -0.4 is 4.74 Å². The van der Waals surface area contributed by atoms with Gasteiger partial charge in [0.05, 0.1) is 23.3 Å². The molecule has 1 heterocycles. The Morgan fingerprint density at radius 3 is 2.43 bits per heavy atom. The molecule has 1 aromatic rings. The maximum Gasteiger partial charge on any atom is 0.138 e. The standard InChI is InChI=1S/C10H10Cl2O2/c1-5-10(14-5)6-3-8(12)9(13-2)4-7(6)11/h3-5,10H,1-2H3. The number of ether oxygens (including phenoxy) is 2. The number of rotatable bonds is 2. The highest BCUT2D eigenvalue weighted by Crippen LogP contribution is 2.44. The molecule has 1 aromatic carbocycles. The summed E-state index contributed by atoms with van der Waals surface area (Å²) in [5.74, 6) is 0.591. The molecular formula is C10H10Cl2O2. The minimum absolute atomic E-state index is 0.0888. The molecule has 1 aliphatic heterocycles. The average molecular weight is 233 g/mol. The van der Waals surface area contributed by atoms with E-state index in [1.165, 1.54) is 0 Å². The van der Waals surface area contributed by atoms with Crippen molar-refractivity contribution in [2.45, 2.75) is 19.1 Å². The summed E-state index contributed by atoms with van der Waals surface area (Å²) in [5, 5.41) is 1.20. The van der Waals surface area contributed by atoms with Crippen LogP contribution in [-0.4, -0.2) is 13.2 Å². The molecule has 0 spiro atoms. The molecule has 0 aromatic heterocycles. The molecule has 1 aliphatic rings. The molecule has 0 bridgehead atoms. The van der Waals surface area contributed by atoms with Crippen molar-refractivity contribution < 1.29 is 9.47 Å². The van der Waals surface area contributed by atoms with Crippen LogP contribution in [0.2, 0.25) is 10.0 Å². The summed E-state index contributed by atoms with van der Waals surface area (Å²) in [6.45, 7) is 2.00. The first-order chi connectivity index (χ1) is 6.63. The van der Waals surface area contributed by atoms with Gasteiger partial charge in [-0.3, -0.25) is 0 Å². The molecule has 4 heteroatoms. The second-order valence-corrected chi connectivity index (χ2v) is 4.08. The van der Waals surface area contributed by atoms with Gasteiger partial charge in [0, 0.05) is 11.6 Å². The minimum atomic E-state index is 0.0888. The van der Waals surface area contributed by atoms with E-state index in [1.807, 2.05) is 6.92 Å². The third kappa shape index (κ3) is 1.70. The molecular weight excluding hydrogens is 223 g/mol. The Bertz CT molecular complexity index is 365. The van der Waals surface area contributed by atoms with Crippen molar-refractivity contribution in [3.8, 4) is 5.75 Å². The second-order valence-electron chi connectivity index (χ2n) is 3.27. The van der Waals surface area contributed by atoms with Crippen LogP contribution >= 0.6 is 23.2 Å². The van der Waals surface area contributed by atoms with E-state index in [4.69, 9.17) is 32.7 Å². The Labute approximate surface area is 92.7 Å². The van der Waals surface area contributed by atoms with Gasteiger partial charge in [-0.2, -0.15) is 0 Å². The fourth-order valence-corrected chi connectivity index (χ4v) is 1.94. The van der Waals surface area contributed by atoms with Crippen molar-refractivity contribution in [2.24, 2.45) is 0 Å². The van der Waals surface area contributed by atoms with Gasteiger partial charge >= 0.3 is 0 Å². The van der Waals surface area contributed by atoms with E-state index < -0.39 is 0 Å². The van der Waals surface area contributed by atoms with Gasteiger partial charge in [-0.15, -0.1) is 0 Å². The number of hydrogen-bond acceptors (Lipinski definition) is 2. The molecule has 14 heavy (non-hydrogen) atoms. The van der Waals surface area contributed by atoms with Gasteiger partial charge in [0.15, 0.2) is 0 Å². The Morgan fingerprint density at radius 2 is 1.93 bits per heavy atom. The van der Waals surface area contributed by atoms with E-state index in [-0.39, 0.29) is 12.2 Å². The van der Waals surface area contributed by atoms with Gasteiger partial charge in [-0.25, -0.2) is 0 Å². The van der Waals surface area contributed by atoms with Crippen molar-refractivity contribution in [1.82, 2.24) is 0 Å². The summed E-state index contributed by atoms with van der Waals surface area (Å²) in [6, 6.07) is 3.52. The number of halogens is 2. The molecule has 0 saturated carbocycles. The lowest BCUT2D eigenvalue weighted by atomic mass is 10.1. The second kappa shape index (κ2) is 3.61. The fraction of sp³-hybridized carbons (Fsp3) is 0.400. The van der Waals surface area contributed by atoms with Crippen LogP contribution in [0.3, 0.4) is 0 Å². The lowest BCUT2D eigenvalue weighted by molar-refractivity contribution is 0.382. The molecule has 0 radical (unpaired) electrons. The summed E-state index contributed by atoms with van der Waals surface area (Å²) in [4.78, 5) is 0. The van der Waals surface area contributed by atoms with E-state index in [0.29, 0.717) is 15.8 Å². The van der Waals surface area contributed by atoms with Crippen molar-refractivity contribution in [3.63, 3.8) is 0 Å². The quantitative estimate of drug-likeness (QED) is 0.729. The molecule has 2 rings (SSSR count). The van der Waals surface area contributed by atoms with E-state index in [0.717, 1.165) is 5.56 Å². The van der Waals surface area contributed by atoms with Crippen LogP contribution in [0.25, 0.3) is 0 Å². The SMILES string of the molecule is COc1cc(Cl)c(C2OC2C)cc1Cl. The summed E-state index contributed by atoms with van der Waals surface area (Å²) in [5.41, 5.74) is 0.935. The maximum absolute atomic E-state index is 6.06. The first kappa shape index (κ1) is 10.1. The van der Waals surface area contributed by atoms with Crippen LogP contribution in [0.15, 0.2) is 12.1 Å². The molecule has 1 fully saturated rings. The summed E-state index contributed by atoms with van der Waals surface area (Å²) in [7, 11) is 1.56. The lowest BCUT2D eigenvalue weighted by Crippen LogP contribution is -1.90. The Morgan fingerprint density at radius 1 is 1.29 bits per heavy atom. The zero-order chi connectivity index (χ0) is 10.3. The predicted octanol–water partition coefficient (Wildman–Crippen LogP) is 3.46. The summed E-state index contributed by atoms with van der Waals surface area (Å²) < 4.78 is 10.4. The molecule has 0 amide bonds. The number of methoxy groups -OCH3 is 1. The highest BCUT2D eigenvalue weighted by molar-refractivity contribution is 6.34. The summed E-state index contributed by atoms with van der Waals surface area (Å²) >= 11 is 12.0. The Balaban J connectivity index is 2.38. The van der Waals surface area contributed by atoms with Gasteiger partial charge in [-0.05, 0) is 13.0 Å². The number of hydrogen-bond donors (Lipinski definition) is 0. The molecule has 2 nitrogen and oxygen atoms in total. The first-order valence-corrected chi connectivity index (χ1v) is 5.07. The third-order valence-corrected chi connectivity index (χ3v) is 2.91. The van der Waals surface area contributed by atoms with E-state index in [9.17, 15) is 0 Å². The first-order valence-electron chi connectivity index (χ1n) is 4.32. The van der Waals surface area contributed by atoms with Crippen LogP contribution in [0.5, 0.6) is 5.75 Å². The van der Waals surface area contributed by atoms with Crippen LogP contribution in [0.1, 0.15) is 18.6 Å². The van der Waals surface area contributed by atoms with Crippen LogP contribution in [0.4, 0.5) is 0 Å². The average Bonchev–Trinajstić information content (AvgIpc) is 2.86. The predicted molar refractivity (Wildman–Crippen MR) is 56.3 cm³/mol. The van der Waals surface area contributed by atoms with Gasteiger partial charge in [-0.1, -0.05) is 23.2 Å². The van der Waals surface area contributed by atoms with Crippen molar-refractivity contribution in [3.05, 3.63) is 27.7 Å². The van der Waals surface area contributed by atoms with Gasteiger partial charge in [0.25, 0.3) is 0 Å². The third-order valence-electron chi connectivity index (χ3n) is 2.29. The molecule has 76 valence electrons. The number of benzene rings is 1. The van der Waals surface area contributed by atoms with Crippen LogP contribution in [-0.2, 0) is 4.74 Å². The van der Waals surface area contributed by atoms with Crippen molar-refractivity contribution >= 4 is 23.2 Å². The zero-order valence-corrected chi connectivity index (χ0v) is 9.39. The highest BCUT2D eigenvalue weighted by Gasteiger charge is 2.37. The van der Waals surface area contributed by atoms with E-state index >= 15 is 0 Å². The fourth-order valence-electron chi connectivity index (χ4n) is 1.43. The van der Waals surface area contributed by atoms with Crippen molar-refractivity contribution in [1.29, 1.82) is 0 Å². The molecule has 2 unspecified atom stereocenters. The van der Waals surface area contributed by atoms with Gasteiger partial charge in [0.1, 0.15) is 11.9 Å². The van der Waals surface area contributed by atoms with Crippen LogP contribution in [0, 0.1) is 0 Å². The maximum atomic E-state index is 6.06. The normalized spacial score (nSPS) is 24.9. The largest absolute Gasteiger partial charge is 0.495 e. The van der Waals surface area contributed by atoms with E-state index in [1.54, 1.807) is 19.2 Å². The summed E-state index contributed by atoms with van der Waals surface area (Å²) in [6.07, 6.45) is 0.322. The monoisotopic (exact) mass is 232 g/mol. The minimum Gasteiger partial charge on any atom is -0.495 e. The highest BCUT2D eigenvalue weighted by atomic mass is 35.5. The molecule has 0 aliphatic carbocycles. The molecule has 0 N–H and O–H groups in total. The Hall–Kier alpha value is -0.440. The van der Waals surface area contributed by atoms with Crippen molar-refractivity contribution in [2.75, 3.05) is 7.11 Å². The van der Waals surface area contributed by atoms with E-state index in [2.05, 4.69) is 0 Å². The smallest absolute Gasteiger partial charge is 0.138 e. The topological polar surface area (TPSA) is 21.8 Å².